The van der Waals surface area contributed by atoms with E-state index in [0.29, 0.717) is 0 Å². The summed E-state index contributed by atoms with van der Waals surface area (Å²) in [5.74, 6) is 1.76. The average Bonchev–Trinajstić information content (AvgIpc) is 2.39. The molecule has 0 saturated heterocycles. The molecule has 1 saturated carbocycles. The fourth-order valence-electron chi connectivity index (χ4n) is 3.65. The first-order chi connectivity index (χ1) is 8.33. The highest BCUT2D eigenvalue weighted by molar-refractivity contribution is 5.35. The van der Waals surface area contributed by atoms with Crippen LogP contribution in [0.4, 0.5) is 0 Å². The van der Waals surface area contributed by atoms with Crippen LogP contribution in [0.25, 0.3) is 0 Å². The van der Waals surface area contributed by atoms with Gasteiger partial charge in [-0.15, -0.1) is 0 Å². The molecule has 92 valence electrons. The van der Waals surface area contributed by atoms with Crippen LogP contribution in [-0.2, 0) is 12.8 Å². The van der Waals surface area contributed by atoms with Gasteiger partial charge in [-0.2, -0.15) is 0 Å². The number of hydrogen-bond donors (Lipinski definition) is 0. The second-order valence-corrected chi connectivity index (χ2v) is 6.21. The zero-order valence-corrected chi connectivity index (χ0v) is 11.0. The first kappa shape index (κ1) is 11.3. The minimum absolute atomic E-state index is 0.869. The van der Waals surface area contributed by atoms with Gasteiger partial charge < -0.3 is 0 Å². The van der Waals surface area contributed by atoms with E-state index in [0.717, 1.165) is 11.8 Å². The summed E-state index contributed by atoms with van der Waals surface area (Å²) in [5, 5.41) is 0. The van der Waals surface area contributed by atoms with Gasteiger partial charge in [0.05, 0.1) is 0 Å². The van der Waals surface area contributed by atoms with Crippen molar-refractivity contribution in [2.24, 2.45) is 5.92 Å². The highest BCUT2D eigenvalue weighted by Gasteiger charge is 2.19. The fourth-order valence-corrected chi connectivity index (χ4v) is 3.65. The summed E-state index contributed by atoms with van der Waals surface area (Å²) in [6.45, 7) is 2.39. The minimum atomic E-state index is 0.869. The van der Waals surface area contributed by atoms with E-state index >= 15 is 0 Å². The van der Waals surface area contributed by atoms with Crippen LogP contribution in [0.5, 0.6) is 0 Å². The Morgan fingerprint density at radius 2 is 1.76 bits per heavy atom. The second-order valence-electron chi connectivity index (χ2n) is 6.21. The lowest BCUT2D eigenvalue weighted by atomic mass is 9.79. The molecule has 0 N–H and O–H groups in total. The molecular formula is C17H24. The van der Waals surface area contributed by atoms with Crippen molar-refractivity contribution in [3.05, 3.63) is 34.9 Å². The van der Waals surface area contributed by atoms with Crippen molar-refractivity contribution in [1.82, 2.24) is 0 Å². The molecule has 1 atom stereocenters. The molecule has 0 radical (unpaired) electrons. The average molecular weight is 228 g/mol. The summed E-state index contributed by atoms with van der Waals surface area (Å²) in [6, 6.07) is 7.39. The summed E-state index contributed by atoms with van der Waals surface area (Å²) in [6.07, 6.45) is 11.2. The van der Waals surface area contributed by atoms with Crippen LogP contribution < -0.4 is 0 Å². The molecule has 1 fully saturated rings. The molecule has 0 heteroatoms. The van der Waals surface area contributed by atoms with E-state index < -0.39 is 0 Å². The standard InChI is InChI=1S/C17H24/c1-13-7-8-17-12-16(10-9-15(17)11-13)14-5-3-2-4-6-14/h9-10,12-14H,2-8,11H2,1H3. The summed E-state index contributed by atoms with van der Waals surface area (Å²) < 4.78 is 0. The molecule has 0 spiro atoms. The van der Waals surface area contributed by atoms with Gasteiger partial charge in [0.25, 0.3) is 0 Å². The molecule has 1 unspecified atom stereocenters. The molecule has 0 aromatic heterocycles. The van der Waals surface area contributed by atoms with Crippen LogP contribution in [0.1, 0.15) is 68.1 Å². The van der Waals surface area contributed by atoms with Gasteiger partial charge in [-0.1, -0.05) is 44.4 Å². The number of rotatable bonds is 1. The SMILES string of the molecule is CC1CCc2cc(C3CCCCC3)ccc2C1. The minimum Gasteiger partial charge on any atom is -0.0622 e. The molecule has 3 rings (SSSR count). The van der Waals surface area contributed by atoms with Crippen molar-refractivity contribution >= 4 is 0 Å². The third-order valence-electron chi connectivity index (χ3n) is 4.78. The fraction of sp³-hybridized carbons (Fsp3) is 0.647. The van der Waals surface area contributed by atoms with Crippen LogP contribution in [0.15, 0.2) is 18.2 Å². The molecule has 0 nitrogen and oxygen atoms in total. The van der Waals surface area contributed by atoms with Crippen molar-refractivity contribution in [3.63, 3.8) is 0 Å². The molecule has 1 aromatic rings. The van der Waals surface area contributed by atoms with E-state index in [9.17, 15) is 0 Å². The Bertz CT molecular complexity index is 385. The molecule has 0 amide bonds. The highest BCUT2D eigenvalue weighted by atomic mass is 14.2. The zero-order valence-electron chi connectivity index (χ0n) is 11.0. The summed E-state index contributed by atoms with van der Waals surface area (Å²) in [4.78, 5) is 0. The lowest BCUT2D eigenvalue weighted by Crippen LogP contribution is -2.12. The van der Waals surface area contributed by atoms with E-state index in [1.807, 2.05) is 0 Å². The Balaban J connectivity index is 1.82. The quantitative estimate of drug-likeness (QED) is 0.644. The van der Waals surface area contributed by atoms with Crippen LogP contribution in [0.2, 0.25) is 0 Å². The summed E-state index contributed by atoms with van der Waals surface area (Å²) in [7, 11) is 0. The molecular weight excluding hydrogens is 204 g/mol. The third kappa shape index (κ3) is 2.41. The molecule has 0 aliphatic heterocycles. The van der Waals surface area contributed by atoms with Gasteiger partial charge in [0.15, 0.2) is 0 Å². The van der Waals surface area contributed by atoms with Crippen molar-refractivity contribution < 1.29 is 0 Å². The summed E-state index contributed by atoms with van der Waals surface area (Å²) in [5.41, 5.74) is 4.92. The van der Waals surface area contributed by atoms with Gasteiger partial charge in [-0.25, -0.2) is 0 Å². The number of benzene rings is 1. The second kappa shape index (κ2) is 4.84. The number of fused-ring (bicyclic) bond motifs is 1. The number of aryl methyl sites for hydroxylation is 1. The molecule has 0 heterocycles. The van der Waals surface area contributed by atoms with Gasteiger partial charge in [0.2, 0.25) is 0 Å². The topological polar surface area (TPSA) is 0 Å². The summed E-state index contributed by atoms with van der Waals surface area (Å²) >= 11 is 0. The van der Waals surface area contributed by atoms with Gasteiger partial charge in [0.1, 0.15) is 0 Å². The maximum atomic E-state index is 2.54. The molecule has 17 heavy (non-hydrogen) atoms. The van der Waals surface area contributed by atoms with E-state index in [1.54, 1.807) is 16.7 Å². The largest absolute Gasteiger partial charge is 0.0622 e. The smallest absolute Gasteiger partial charge is 0.0162 e. The highest BCUT2D eigenvalue weighted by Crippen LogP contribution is 2.35. The van der Waals surface area contributed by atoms with Crippen molar-refractivity contribution in [2.75, 3.05) is 0 Å². The predicted octanol–water partition coefficient (Wildman–Crippen LogP) is 4.86. The lowest BCUT2D eigenvalue weighted by molar-refractivity contribution is 0.442. The maximum absolute atomic E-state index is 2.54. The maximum Gasteiger partial charge on any atom is -0.0162 e. The Labute approximate surface area is 105 Å². The normalized spacial score (nSPS) is 25.6. The Hall–Kier alpha value is -0.780. The molecule has 2 aliphatic carbocycles. The third-order valence-corrected chi connectivity index (χ3v) is 4.78. The Morgan fingerprint density at radius 1 is 0.941 bits per heavy atom. The first-order valence-corrected chi connectivity index (χ1v) is 7.44. The monoisotopic (exact) mass is 228 g/mol. The van der Waals surface area contributed by atoms with Gasteiger partial charge in [0, 0.05) is 0 Å². The van der Waals surface area contributed by atoms with E-state index in [-0.39, 0.29) is 0 Å². The van der Waals surface area contributed by atoms with Gasteiger partial charge >= 0.3 is 0 Å². The Kier molecular flexibility index (Phi) is 3.22. The lowest BCUT2D eigenvalue weighted by Gasteiger charge is -2.26. The molecule has 2 aliphatic rings. The first-order valence-electron chi connectivity index (χ1n) is 7.44. The van der Waals surface area contributed by atoms with E-state index in [2.05, 4.69) is 25.1 Å². The van der Waals surface area contributed by atoms with E-state index in [1.165, 1.54) is 51.4 Å². The van der Waals surface area contributed by atoms with Crippen LogP contribution in [-0.4, -0.2) is 0 Å². The van der Waals surface area contributed by atoms with Gasteiger partial charge in [-0.3, -0.25) is 0 Å². The van der Waals surface area contributed by atoms with E-state index in [4.69, 9.17) is 0 Å². The van der Waals surface area contributed by atoms with Crippen LogP contribution >= 0.6 is 0 Å². The Morgan fingerprint density at radius 3 is 2.59 bits per heavy atom. The molecule has 1 aromatic carbocycles. The zero-order chi connectivity index (χ0) is 11.7. The van der Waals surface area contributed by atoms with Crippen molar-refractivity contribution in [2.45, 2.75) is 64.2 Å². The predicted molar refractivity (Wildman–Crippen MR) is 73.5 cm³/mol. The van der Waals surface area contributed by atoms with Crippen LogP contribution in [0, 0.1) is 5.92 Å². The van der Waals surface area contributed by atoms with Crippen LogP contribution in [0.3, 0.4) is 0 Å². The van der Waals surface area contributed by atoms with Gasteiger partial charge in [-0.05, 0) is 60.6 Å². The van der Waals surface area contributed by atoms with Crippen molar-refractivity contribution in [3.8, 4) is 0 Å². The van der Waals surface area contributed by atoms with Crippen molar-refractivity contribution in [1.29, 1.82) is 0 Å². The number of hydrogen-bond acceptors (Lipinski definition) is 0. The molecule has 0 bridgehead atoms.